The van der Waals surface area contributed by atoms with E-state index in [0.717, 1.165) is 11.3 Å². The molecule has 8 heteroatoms. The zero-order chi connectivity index (χ0) is 17.8. The Morgan fingerprint density at radius 2 is 2.24 bits per heavy atom. The van der Waals surface area contributed by atoms with Crippen LogP contribution in [0.4, 0.5) is 0 Å². The van der Waals surface area contributed by atoms with Gasteiger partial charge in [-0.3, -0.25) is 14.4 Å². The number of aryl methyl sites for hydroxylation is 1. The molecular weight excluding hydrogens is 324 g/mol. The Labute approximate surface area is 146 Å². The molecule has 25 heavy (non-hydrogen) atoms. The number of rotatable bonds is 5. The molecule has 3 heterocycles. The van der Waals surface area contributed by atoms with Gasteiger partial charge in [-0.25, -0.2) is 0 Å². The Morgan fingerprint density at radius 3 is 2.96 bits per heavy atom. The number of furan rings is 1. The smallest absolute Gasteiger partial charge is 0.257 e. The summed E-state index contributed by atoms with van der Waals surface area (Å²) in [5.74, 6) is -0.124. The van der Waals surface area contributed by atoms with Crippen molar-refractivity contribution < 1.29 is 19.4 Å². The van der Waals surface area contributed by atoms with Crippen LogP contribution in [0.1, 0.15) is 21.6 Å². The lowest BCUT2D eigenvalue weighted by molar-refractivity contribution is 0.0662. The fraction of sp³-hybridized carbons (Fsp3) is 0.529. The van der Waals surface area contributed by atoms with E-state index in [9.17, 15) is 9.90 Å². The third kappa shape index (κ3) is 4.28. The molecule has 1 saturated heterocycles. The molecule has 1 fully saturated rings. The molecule has 136 valence electrons. The van der Waals surface area contributed by atoms with Gasteiger partial charge in [0.2, 0.25) is 0 Å². The van der Waals surface area contributed by atoms with Crippen molar-refractivity contribution in [1.29, 1.82) is 0 Å². The molecule has 0 spiro atoms. The molecule has 1 atom stereocenters. The second-order valence-electron chi connectivity index (χ2n) is 6.38. The molecule has 1 aliphatic heterocycles. The lowest BCUT2D eigenvalue weighted by Crippen LogP contribution is -2.37. The van der Waals surface area contributed by atoms with Gasteiger partial charge >= 0.3 is 0 Å². The summed E-state index contributed by atoms with van der Waals surface area (Å²) in [4.78, 5) is 16.2. The third-order valence-corrected chi connectivity index (χ3v) is 4.41. The fourth-order valence-corrected chi connectivity index (χ4v) is 3.12. The zero-order valence-corrected chi connectivity index (χ0v) is 14.3. The Balaban J connectivity index is 1.64. The number of hydrogen-bond acceptors (Lipinski definition) is 6. The number of nitrogens with zero attached hydrogens (tertiary/aromatic N) is 4. The lowest BCUT2D eigenvalue weighted by Gasteiger charge is -2.21. The minimum atomic E-state index is -0.605. The van der Waals surface area contributed by atoms with E-state index in [-0.39, 0.29) is 12.5 Å². The first-order valence-electron chi connectivity index (χ1n) is 8.42. The largest absolute Gasteiger partial charge is 0.472 e. The average molecular weight is 348 g/mol. The summed E-state index contributed by atoms with van der Waals surface area (Å²) in [7, 11) is 0. The maximum atomic E-state index is 12.5. The molecule has 0 unspecified atom stereocenters. The van der Waals surface area contributed by atoms with Gasteiger partial charge in [0.25, 0.3) is 5.91 Å². The van der Waals surface area contributed by atoms with Crippen molar-refractivity contribution in [2.24, 2.45) is 0 Å². The monoisotopic (exact) mass is 348 g/mol. The molecule has 0 aliphatic carbocycles. The van der Waals surface area contributed by atoms with Crippen LogP contribution in [0.5, 0.6) is 0 Å². The van der Waals surface area contributed by atoms with E-state index < -0.39 is 6.10 Å². The molecule has 1 aliphatic rings. The Bertz CT molecular complexity index is 698. The van der Waals surface area contributed by atoms with E-state index in [1.807, 2.05) is 13.1 Å². The van der Waals surface area contributed by atoms with Gasteiger partial charge in [0.15, 0.2) is 0 Å². The quantitative estimate of drug-likeness (QED) is 0.796. The molecule has 8 nitrogen and oxygen atoms in total. The van der Waals surface area contributed by atoms with Gasteiger partial charge in [0, 0.05) is 44.5 Å². The van der Waals surface area contributed by atoms with E-state index in [0.29, 0.717) is 44.8 Å². The second-order valence-corrected chi connectivity index (χ2v) is 6.38. The molecule has 2 N–H and O–H groups in total. The molecule has 0 aromatic carbocycles. The second kappa shape index (κ2) is 7.81. The van der Waals surface area contributed by atoms with E-state index in [1.165, 1.54) is 12.5 Å². The van der Waals surface area contributed by atoms with Crippen molar-refractivity contribution >= 4 is 5.91 Å². The van der Waals surface area contributed by atoms with E-state index in [2.05, 4.69) is 10.00 Å². The number of aliphatic hydroxyl groups is 2. The van der Waals surface area contributed by atoms with Crippen LogP contribution in [-0.4, -0.2) is 74.6 Å². The number of amides is 1. The number of carbonyl (C=O) groups excluding carboxylic acids is 1. The number of hydrogen-bond donors (Lipinski definition) is 2. The van der Waals surface area contributed by atoms with Crippen molar-refractivity contribution in [2.45, 2.75) is 26.1 Å². The van der Waals surface area contributed by atoms with Gasteiger partial charge in [0.1, 0.15) is 6.26 Å². The van der Waals surface area contributed by atoms with Gasteiger partial charge in [-0.2, -0.15) is 5.10 Å². The van der Waals surface area contributed by atoms with Gasteiger partial charge in [-0.15, -0.1) is 0 Å². The summed E-state index contributed by atoms with van der Waals surface area (Å²) < 4.78 is 6.70. The molecule has 0 bridgehead atoms. The predicted molar refractivity (Wildman–Crippen MR) is 89.9 cm³/mol. The highest BCUT2D eigenvalue weighted by atomic mass is 16.3. The van der Waals surface area contributed by atoms with Crippen molar-refractivity contribution in [3.05, 3.63) is 41.6 Å². The van der Waals surface area contributed by atoms with Gasteiger partial charge in [-0.1, -0.05) is 0 Å². The average Bonchev–Trinajstić information content (AvgIpc) is 3.17. The first-order valence-corrected chi connectivity index (χ1v) is 8.42. The van der Waals surface area contributed by atoms with Crippen molar-refractivity contribution in [3.63, 3.8) is 0 Å². The molecular formula is C17H24N4O4. The van der Waals surface area contributed by atoms with Crippen molar-refractivity contribution in [1.82, 2.24) is 19.6 Å². The molecule has 1 amide bonds. The Morgan fingerprint density at radius 1 is 1.40 bits per heavy atom. The van der Waals surface area contributed by atoms with Crippen LogP contribution < -0.4 is 0 Å². The minimum absolute atomic E-state index is 0.0497. The third-order valence-electron chi connectivity index (χ3n) is 4.41. The van der Waals surface area contributed by atoms with Gasteiger partial charge in [-0.05, 0) is 13.0 Å². The van der Waals surface area contributed by atoms with Crippen LogP contribution in [0, 0.1) is 6.92 Å². The molecule has 0 radical (unpaired) electrons. The maximum absolute atomic E-state index is 12.5. The van der Waals surface area contributed by atoms with Crippen molar-refractivity contribution in [3.8, 4) is 0 Å². The maximum Gasteiger partial charge on any atom is 0.257 e. The number of aromatic nitrogens is 2. The predicted octanol–water partition coefficient (Wildman–Crippen LogP) is 0.0957. The van der Waals surface area contributed by atoms with Crippen LogP contribution in [0.15, 0.2) is 29.2 Å². The highest BCUT2D eigenvalue weighted by Crippen LogP contribution is 2.14. The van der Waals surface area contributed by atoms with E-state index >= 15 is 0 Å². The summed E-state index contributed by atoms with van der Waals surface area (Å²) in [6.07, 6.45) is 4.22. The topological polar surface area (TPSA) is 95.0 Å². The Hall–Kier alpha value is -2.16. The fourth-order valence-electron chi connectivity index (χ4n) is 3.12. The van der Waals surface area contributed by atoms with Crippen LogP contribution in [0.3, 0.4) is 0 Å². The molecule has 2 aromatic rings. The number of β-amino-alcohol motifs (C(OH)–C–C–N with tert-alkyl or cyclic N) is 1. The van der Waals surface area contributed by atoms with Gasteiger partial charge in [0.05, 0.1) is 36.8 Å². The standard InChI is InChI=1S/C17H24N4O4/c1-13-15(9-21(18-13)5-6-22)8-19-3-4-20(11-16(23)10-19)17(24)14-2-7-25-12-14/h2,7,9,12,16,22-23H,3-6,8,10-11H2,1H3/t16-/m1/s1. The Kier molecular flexibility index (Phi) is 5.52. The normalized spacial score (nSPS) is 19.2. The SMILES string of the molecule is Cc1nn(CCO)cc1CN1CCN(C(=O)c2ccoc2)C[C@H](O)C1. The summed E-state index contributed by atoms with van der Waals surface area (Å²) in [5, 5.41) is 23.7. The zero-order valence-electron chi connectivity index (χ0n) is 14.3. The summed E-state index contributed by atoms with van der Waals surface area (Å²) >= 11 is 0. The first kappa shape index (κ1) is 17.7. The summed E-state index contributed by atoms with van der Waals surface area (Å²) in [5.41, 5.74) is 2.48. The molecule has 0 saturated carbocycles. The first-order chi connectivity index (χ1) is 12.1. The number of carbonyl (C=O) groups is 1. The minimum Gasteiger partial charge on any atom is -0.472 e. The van der Waals surface area contributed by atoms with E-state index in [1.54, 1.807) is 15.6 Å². The lowest BCUT2D eigenvalue weighted by atomic mass is 10.2. The molecule has 3 rings (SSSR count). The van der Waals surface area contributed by atoms with Crippen LogP contribution in [0.2, 0.25) is 0 Å². The summed E-state index contributed by atoms with van der Waals surface area (Å²) in [6.45, 7) is 5.14. The van der Waals surface area contributed by atoms with Crippen LogP contribution in [-0.2, 0) is 13.1 Å². The number of aliphatic hydroxyl groups excluding tert-OH is 2. The van der Waals surface area contributed by atoms with Crippen LogP contribution >= 0.6 is 0 Å². The molecule has 2 aromatic heterocycles. The summed E-state index contributed by atoms with van der Waals surface area (Å²) in [6, 6.07) is 1.64. The van der Waals surface area contributed by atoms with Gasteiger partial charge < -0.3 is 19.5 Å². The van der Waals surface area contributed by atoms with Crippen molar-refractivity contribution in [2.75, 3.05) is 32.8 Å². The van der Waals surface area contributed by atoms with Crippen LogP contribution in [0.25, 0.3) is 0 Å². The highest BCUT2D eigenvalue weighted by molar-refractivity contribution is 5.93. The van der Waals surface area contributed by atoms with E-state index in [4.69, 9.17) is 9.52 Å². The highest BCUT2D eigenvalue weighted by Gasteiger charge is 2.26.